The Hall–Kier alpha value is -1.10. The van der Waals surface area contributed by atoms with Crippen molar-refractivity contribution >= 4 is 28.0 Å². The fourth-order valence-corrected chi connectivity index (χ4v) is 4.50. The Morgan fingerprint density at radius 2 is 2.04 bits per heavy atom. The lowest BCUT2D eigenvalue weighted by molar-refractivity contribution is 0.0613. The van der Waals surface area contributed by atoms with Gasteiger partial charge >= 0.3 is 0 Å². The molecule has 4 nitrogen and oxygen atoms in total. The van der Waals surface area contributed by atoms with Crippen molar-refractivity contribution in [2.45, 2.75) is 64.9 Å². The van der Waals surface area contributed by atoms with E-state index in [9.17, 15) is 0 Å². The number of aliphatic imine (C=N–C) groups is 1. The van der Waals surface area contributed by atoms with Crippen LogP contribution < -0.4 is 4.74 Å². The summed E-state index contributed by atoms with van der Waals surface area (Å²) in [6.45, 7) is 5.03. The van der Waals surface area contributed by atoms with Gasteiger partial charge in [0, 0.05) is 13.6 Å². The number of ether oxygens (including phenoxy) is 1. The first-order valence-corrected chi connectivity index (χ1v) is 10.4. The summed E-state index contributed by atoms with van der Waals surface area (Å²) in [7, 11) is 2.01. The smallest absolute Gasteiger partial charge is 0.228 e. The van der Waals surface area contributed by atoms with Crippen molar-refractivity contribution in [3.05, 3.63) is 16.2 Å². The van der Waals surface area contributed by atoms with Gasteiger partial charge in [-0.1, -0.05) is 25.7 Å². The maximum absolute atomic E-state index is 6.30. The van der Waals surface area contributed by atoms with Gasteiger partial charge in [0.05, 0.1) is 22.2 Å². The van der Waals surface area contributed by atoms with Gasteiger partial charge in [0.1, 0.15) is 6.10 Å². The lowest BCUT2D eigenvalue weighted by atomic mass is 9.70. The van der Waals surface area contributed by atoms with E-state index in [0.29, 0.717) is 6.10 Å². The minimum atomic E-state index is 0.308. The third-order valence-electron chi connectivity index (χ3n) is 5.77. The second-order valence-corrected chi connectivity index (χ2v) is 8.41. The third kappa shape index (κ3) is 4.75. The Balaban J connectivity index is 1.66. The molecule has 0 amide bonds. The average molecular weight is 408 g/mol. The van der Waals surface area contributed by atoms with E-state index in [1.165, 1.54) is 38.5 Å². The first-order chi connectivity index (χ1) is 12.1. The molecule has 3 atom stereocenters. The van der Waals surface area contributed by atoms with Gasteiger partial charge in [0.25, 0.3) is 0 Å². The highest BCUT2D eigenvalue weighted by Crippen LogP contribution is 2.42. The van der Waals surface area contributed by atoms with Crippen LogP contribution in [-0.4, -0.2) is 35.9 Å². The molecule has 1 aromatic rings. The summed E-state index contributed by atoms with van der Waals surface area (Å²) in [6.07, 6.45) is 11.5. The number of hydrogen-bond acceptors (Lipinski definition) is 3. The van der Waals surface area contributed by atoms with Crippen LogP contribution in [0.5, 0.6) is 5.88 Å². The molecule has 2 saturated carbocycles. The molecule has 0 aromatic carbocycles. The van der Waals surface area contributed by atoms with Crippen molar-refractivity contribution in [3.8, 4) is 5.88 Å². The molecule has 1 aromatic heterocycles. The predicted octanol–water partition coefficient (Wildman–Crippen LogP) is 5.50. The van der Waals surface area contributed by atoms with E-state index in [4.69, 9.17) is 4.74 Å². The minimum absolute atomic E-state index is 0.308. The van der Waals surface area contributed by atoms with Crippen molar-refractivity contribution in [1.29, 1.82) is 0 Å². The van der Waals surface area contributed by atoms with Crippen LogP contribution in [0.1, 0.15) is 57.6 Å². The number of aryl methyl sites for hydroxylation is 1. The molecule has 138 valence electrons. The second kappa shape index (κ2) is 8.52. The number of halogens is 1. The molecule has 0 N–H and O–H groups in total. The zero-order chi connectivity index (χ0) is 17.8. The lowest BCUT2D eigenvalue weighted by Gasteiger charge is -2.39. The van der Waals surface area contributed by atoms with Crippen LogP contribution in [0, 0.1) is 18.8 Å². The normalized spacial score (nSPS) is 26.5. The molecule has 0 radical (unpaired) electrons. The molecular weight excluding hydrogens is 378 g/mol. The van der Waals surface area contributed by atoms with Crippen LogP contribution in [0.3, 0.4) is 0 Å². The fourth-order valence-electron chi connectivity index (χ4n) is 4.10. The van der Waals surface area contributed by atoms with Crippen molar-refractivity contribution in [1.82, 2.24) is 9.88 Å². The standard InChI is InChI=1S/C20H30BrN3O/c1-4-24(3)13-22-19-12-18(21)20(23-14(19)2)25-17-10-9-15-7-5-6-8-16(15)11-17/h12-13,15-17H,4-11H2,1-3H3/b22-13+. The first kappa shape index (κ1) is 18.7. The largest absolute Gasteiger partial charge is 0.474 e. The van der Waals surface area contributed by atoms with Gasteiger partial charge in [0.15, 0.2) is 0 Å². The van der Waals surface area contributed by atoms with Crippen LogP contribution >= 0.6 is 15.9 Å². The number of pyridine rings is 1. The fraction of sp³-hybridized carbons (Fsp3) is 0.700. The van der Waals surface area contributed by atoms with Crippen molar-refractivity contribution in [2.75, 3.05) is 13.6 Å². The summed E-state index contributed by atoms with van der Waals surface area (Å²) in [5.41, 5.74) is 1.79. The Morgan fingerprint density at radius 1 is 1.28 bits per heavy atom. The van der Waals surface area contributed by atoms with Gasteiger partial charge in [-0.3, -0.25) is 0 Å². The van der Waals surface area contributed by atoms with Crippen molar-refractivity contribution in [3.63, 3.8) is 0 Å². The number of nitrogens with zero attached hydrogens (tertiary/aromatic N) is 3. The Bertz CT molecular complexity index is 619. The second-order valence-electron chi connectivity index (χ2n) is 7.56. The summed E-state index contributed by atoms with van der Waals surface area (Å²) in [5.74, 6) is 2.53. The molecule has 2 aliphatic carbocycles. The van der Waals surface area contributed by atoms with Crippen LogP contribution in [0.25, 0.3) is 0 Å². The maximum Gasteiger partial charge on any atom is 0.228 e. The van der Waals surface area contributed by atoms with Crippen molar-refractivity contribution in [2.24, 2.45) is 16.8 Å². The summed E-state index contributed by atoms with van der Waals surface area (Å²) in [6, 6.07) is 2.02. The monoisotopic (exact) mass is 407 g/mol. The molecule has 0 aliphatic heterocycles. The van der Waals surface area contributed by atoms with E-state index in [-0.39, 0.29) is 0 Å². The van der Waals surface area contributed by atoms with E-state index in [0.717, 1.165) is 46.5 Å². The molecule has 1 heterocycles. The topological polar surface area (TPSA) is 37.7 Å². The van der Waals surface area contributed by atoms with E-state index in [1.54, 1.807) is 0 Å². The van der Waals surface area contributed by atoms with Crippen molar-refractivity contribution < 1.29 is 4.74 Å². The minimum Gasteiger partial charge on any atom is -0.474 e. The van der Waals surface area contributed by atoms with E-state index >= 15 is 0 Å². The molecule has 0 saturated heterocycles. The van der Waals surface area contributed by atoms with Gasteiger partial charge in [-0.25, -0.2) is 9.98 Å². The maximum atomic E-state index is 6.30. The Labute approximate surface area is 160 Å². The van der Waals surface area contributed by atoms with Crippen LogP contribution in [0.15, 0.2) is 15.5 Å². The zero-order valence-corrected chi connectivity index (χ0v) is 17.3. The van der Waals surface area contributed by atoms with Gasteiger partial charge in [0.2, 0.25) is 5.88 Å². The highest BCUT2D eigenvalue weighted by molar-refractivity contribution is 9.10. The predicted molar refractivity (Wildman–Crippen MR) is 107 cm³/mol. The van der Waals surface area contributed by atoms with Crippen LogP contribution in [0.4, 0.5) is 5.69 Å². The van der Waals surface area contributed by atoms with Gasteiger partial charge in [-0.05, 0) is 66.9 Å². The van der Waals surface area contributed by atoms with E-state index in [2.05, 4.69) is 32.8 Å². The summed E-state index contributed by atoms with van der Waals surface area (Å²) >= 11 is 3.63. The average Bonchev–Trinajstić information content (AvgIpc) is 2.63. The Morgan fingerprint density at radius 3 is 2.80 bits per heavy atom. The molecule has 0 bridgehead atoms. The zero-order valence-electron chi connectivity index (χ0n) is 15.7. The number of hydrogen-bond donors (Lipinski definition) is 0. The Kier molecular flexibility index (Phi) is 6.37. The van der Waals surface area contributed by atoms with Gasteiger partial charge in [-0.2, -0.15) is 0 Å². The van der Waals surface area contributed by atoms with Gasteiger partial charge in [-0.15, -0.1) is 0 Å². The molecule has 5 heteroatoms. The molecule has 3 rings (SSSR count). The molecule has 2 fully saturated rings. The molecule has 25 heavy (non-hydrogen) atoms. The third-order valence-corrected chi connectivity index (χ3v) is 6.34. The number of fused-ring (bicyclic) bond motifs is 1. The van der Waals surface area contributed by atoms with Gasteiger partial charge < -0.3 is 9.64 Å². The summed E-state index contributed by atoms with van der Waals surface area (Å²) < 4.78 is 7.20. The van der Waals surface area contributed by atoms with Crippen LogP contribution in [0.2, 0.25) is 0 Å². The van der Waals surface area contributed by atoms with Crippen LogP contribution in [-0.2, 0) is 0 Å². The first-order valence-electron chi connectivity index (χ1n) is 9.65. The highest BCUT2D eigenvalue weighted by Gasteiger charge is 2.33. The number of rotatable bonds is 5. The summed E-state index contributed by atoms with van der Waals surface area (Å²) in [4.78, 5) is 11.2. The molecular formula is C20H30BrN3O. The lowest BCUT2D eigenvalue weighted by Crippen LogP contribution is -2.33. The molecule has 3 unspecified atom stereocenters. The highest BCUT2D eigenvalue weighted by atomic mass is 79.9. The van der Waals surface area contributed by atoms with E-state index < -0.39 is 0 Å². The quantitative estimate of drug-likeness (QED) is 0.477. The summed E-state index contributed by atoms with van der Waals surface area (Å²) in [5, 5.41) is 0. The molecule has 2 aliphatic rings. The SMILES string of the molecule is CCN(C)/C=N/c1cc(Br)c(OC2CCC3CCCCC3C2)nc1C. The number of aromatic nitrogens is 1. The van der Waals surface area contributed by atoms with E-state index in [1.807, 2.05) is 31.3 Å². The molecule has 0 spiro atoms.